The molecule has 0 spiro atoms. The maximum atomic E-state index is 11.7. The summed E-state index contributed by atoms with van der Waals surface area (Å²) in [7, 11) is 0. The Morgan fingerprint density at radius 2 is 2.17 bits per heavy atom. The molecule has 1 amide bonds. The molecule has 8 heteroatoms. The maximum Gasteiger partial charge on any atom is 0.268 e. The van der Waals surface area contributed by atoms with Gasteiger partial charge in [0, 0.05) is 32.7 Å². The van der Waals surface area contributed by atoms with E-state index in [0.717, 1.165) is 31.1 Å². The van der Waals surface area contributed by atoms with Crippen LogP contribution in [0.25, 0.3) is 10.8 Å². The second-order valence-corrected chi connectivity index (χ2v) is 6.59. The maximum absolute atomic E-state index is 11.7. The van der Waals surface area contributed by atoms with Crippen molar-refractivity contribution in [3.8, 4) is 10.8 Å². The van der Waals surface area contributed by atoms with Gasteiger partial charge in [0.25, 0.3) is 5.89 Å². The Hall–Kier alpha value is -2.03. The van der Waals surface area contributed by atoms with Gasteiger partial charge in [-0.2, -0.15) is 4.98 Å². The number of rotatable bonds is 7. The monoisotopic (exact) mass is 347 g/mol. The number of amides is 1. The van der Waals surface area contributed by atoms with Crippen molar-refractivity contribution in [3.63, 3.8) is 0 Å². The van der Waals surface area contributed by atoms with Crippen LogP contribution in [0.2, 0.25) is 0 Å². The molecule has 0 unspecified atom stereocenters. The Morgan fingerprint density at radius 3 is 2.88 bits per heavy atom. The average Bonchev–Trinajstić information content (AvgIpc) is 3.26. The van der Waals surface area contributed by atoms with E-state index >= 15 is 0 Å². The van der Waals surface area contributed by atoms with Crippen LogP contribution in [-0.2, 0) is 11.3 Å². The Balaban J connectivity index is 1.44. The fraction of sp³-hybridized carbons (Fsp3) is 0.438. The molecule has 3 rings (SSSR count). The number of aromatic nitrogens is 2. The molecule has 1 aliphatic heterocycles. The molecule has 24 heavy (non-hydrogen) atoms. The number of hydrogen-bond acceptors (Lipinski definition) is 7. The first kappa shape index (κ1) is 16.8. The Bertz CT molecular complexity index is 662. The van der Waals surface area contributed by atoms with Gasteiger partial charge in [-0.05, 0) is 11.4 Å². The van der Waals surface area contributed by atoms with E-state index in [1.807, 2.05) is 17.5 Å². The highest BCUT2D eigenvalue weighted by molar-refractivity contribution is 7.13. The third kappa shape index (κ3) is 4.50. The van der Waals surface area contributed by atoms with E-state index in [4.69, 9.17) is 4.52 Å². The van der Waals surface area contributed by atoms with Crippen LogP contribution in [0.1, 0.15) is 5.82 Å². The van der Waals surface area contributed by atoms with Crippen molar-refractivity contribution in [1.29, 1.82) is 0 Å². The molecule has 2 aromatic rings. The van der Waals surface area contributed by atoms with E-state index in [9.17, 15) is 4.79 Å². The third-order valence-corrected chi connectivity index (χ3v) is 4.70. The lowest BCUT2D eigenvalue weighted by Gasteiger charge is -2.33. The second-order valence-electron chi connectivity index (χ2n) is 5.64. The van der Waals surface area contributed by atoms with E-state index < -0.39 is 0 Å². The van der Waals surface area contributed by atoms with Crippen LogP contribution in [0.5, 0.6) is 0 Å². The summed E-state index contributed by atoms with van der Waals surface area (Å²) in [5.41, 5.74) is 0. The van der Waals surface area contributed by atoms with Crippen molar-refractivity contribution >= 4 is 17.2 Å². The van der Waals surface area contributed by atoms with Crippen LogP contribution in [0.15, 0.2) is 34.7 Å². The smallest absolute Gasteiger partial charge is 0.268 e. The zero-order chi connectivity index (χ0) is 16.8. The van der Waals surface area contributed by atoms with Gasteiger partial charge >= 0.3 is 0 Å². The normalized spacial score (nSPS) is 16.2. The van der Waals surface area contributed by atoms with E-state index in [-0.39, 0.29) is 5.91 Å². The topological polar surface area (TPSA) is 74.5 Å². The fourth-order valence-electron chi connectivity index (χ4n) is 2.57. The number of hydrogen-bond donors (Lipinski definition) is 1. The molecule has 1 fully saturated rings. The van der Waals surface area contributed by atoms with E-state index in [0.29, 0.717) is 31.3 Å². The summed E-state index contributed by atoms with van der Waals surface area (Å²) in [4.78, 5) is 21.6. The first-order valence-electron chi connectivity index (χ1n) is 7.93. The number of carbonyl (C=O) groups is 1. The molecule has 0 aliphatic carbocycles. The quantitative estimate of drug-likeness (QED) is 0.759. The minimum absolute atomic E-state index is 0.0436. The average molecular weight is 347 g/mol. The fourth-order valence-corrected chi connectivity index (χ4v) is 3.21. The molecule has 0 bridgehead atoms. The molecule has 0 radical (unpaired) electrons. The van der Waals surface area contributed by atoms with Gasteiger partial charge in [-0.1, -0.05) is 17.3 Å². The molecule has 2 aromatic heterocycles. The van der Waals surface area contributed by atoms with Crippen molar-refractivity contribution in [2.45, 2.75) is 6.54 Å². The highest BCUT2D eigenvalue weighted by Crippen LogP contribution is 2.22. The molecule has 7 nitrogen and oxygen atoms in total. The summed E-state index contributed by atoms with van der Waals surface area (Å²) < 4.78 is 5.31. The number of carbonyl (C=O) groups excluding carboxylic acids is 1. The molecule has 1 N–H and O–H groups in total. The lowest BCUT2D eigenvalue weighted by Crippen LogP contribution is -2.49. The summed E-state index contributed by atoms with van der Waals surface area (Å²) in [6, 6.07) is 3.94. The first-order chi connectivity index (χ1) is 11.7. The van der Waals surface area contributed by atoms with Gasteiger partial charge < -0.3 is 9.84 Å². The summed E-state index contributed by atoms with van der Waals surface area (Å²) >= 11 is 1.59. The Kier molecular flexibility index (Phi) is 5.73. The van der Waals surface area contributed by atoms with Gasteiger partial charge in [-0.15, -0.1) is 17.9 Å². The van der Waals surface area contributed by atoms with Gasteiger partial charge in [-0.3, -0.25) is 14.6 Å². The zero-order valence-electron chi connectivity index (χ0n) is 13.5. The van der Waals surface area contributed by atoms with Crippen LogP contribution >= 0.6 is 11.3 Å². The molecule has 1 saturated heterocycles. The number of nitrogens with one attached hydrogen (secondary N) is 1. The van der Waals surface area contributed by atoms with Crippen molar-refractivity contribution in [2.75, 3.05) is 39.3 Å². The minimum Gasteiger partial charge on any atom is -0.352 e. The SMILES string of the molecule is C=CCNC(=O)CN1CCN(Cc2noc(-c3cccs3)n2)CC1. The van der Waals surface area contributed by atoms with E-state index in [2.05, 4.69) is 31.8 Å². The van der Waals surface area contributed by atoms with Crippen molar-refractivity contribution in [3.05, 3.63) is 36.0 Å². The van der Waals surface area contributed by atoms with E-state index in [1.165, 1.54) is 0 Å². The number of nitrogens with zero attached hydrogens (tertiary/aromatic N) is 4. The number of piperazine rings is 1. The van der Waals surface area contributed by atoms with Crippen molar-refractivity contribution in [2.24, 2.45) is 0 Å². The van der Waals surface area contributed by atoms with Gasteiger partial charge in [-0.25, -0.2) is 0 Å². The lowest BCUT2D eigenvalue weighted by molar-refractivity contribution is -0.122. The predicted octanol–water partition coefficient (Wildman–Crippen LogP) is 1.22. The summed E-state index contributed by atoms with van der Waals surface area (Å²) in [5, 5.41) is 8.85. The Morgan fingerprint density at radius 1 is 1.38 bits per heavy atom. The minimum atomic E-state index is 0.0436. The Labute approximate surface area is 144 Å². The second kappa shape index (κ2) is 8.18. The van der Waals surface area contributed by atoms with Gasteiger partial charge in [0.15, 0.2) is 5.82 Å². The van der Waals surface area contributed by atoms with Crippen LogP contribution < -0.4 is 5.32 Å². The van der Waals surface area contributed by atoms with Crippen LogP contribution in [0.3, 0.4) is 0 Å². The van der Waals surface area contributed by atoms with Crippen LogP contribution in [0, 0.1) is 0 Å². The van der Waals surface area contributed by atoms with Crippen molar-refractivity contribution in [1.82, 2.24) is 25.3 Å². The standard InChI is InChI=1S/C16H21N5O2S/c1-2-5-17-15(22)12-21-8-6-20(7-9-21)11-14-18-16(23-19-14)13-4-3-10-24-13/h2-4,10H,1,5-9,11-12H2,(H,17,22). The first-order valence-corrected chi connectivity index (χ1v) is 8.81. The molecule has 0 atom stereocenters. The van der Waals surface area contributed by atoms with Crippen LogP contribution in [-0.4, -0.2) is 65.1 Å². The van der Waals surface area contributed by atoms with E-state index in [1.54, 1.807) is 17.4 Å². The van der Waals surface area contributed by atoms with Crippen molar-refractivity contribution < 1.29 is 9.32 Å². The zero-order valence-corrected chi connectivity index (χ0v) is 14.3. The third-order valence-electron chi connectivity index (χ3n) is 3.84. The summed E-state index contributed by atoms with van der Waals surface area (Å²) in [6.45, 7) is 8.71. The molecular formula is C16H21N5O2S. The molecular weight excluding hydrogens is 326 g/mol. The van der Waals surface area contributed by atoms with Gasteiger partial charge in [0.2, 0.25) is 5.91 Å². The molecule has 1 aliphatic rings. The van der Waals surface area contributed by atoms with Gasteiger partial charge in [0.1, 0.15) is 0 Å². The highest BCUT2D eigenvalue weighted by Gasteiger charge is 2.20. The predicted molar refractivity (Wildman–Crippen MR) is 92.5 cm³/mol. The van der Waals surface area contributed by atoms with Gasteiger partial charge in [0.05, 0.1) is 18.0 Å². The van der Waals surface area contributed by atoms with Crippen LogP contribution in [0.4, 0.5) is 0 Å². The summed E-state index contributed by atoms with van der Waals surface area (Å²) in [5.74, 6) is 1.33. The highest BCUT2D eigenvalue weighted by atomic mass is 32.1. The molecule has 0 saturated carbocycles. The summed E-state index contributed by atoms with van der Waals surface area (Å²) in [6.07, 6.45) is 1.69. The molecule has 0 aromatic carbocycles. The molecule has 128 valence electrons. The largest absolute Gasteiger partial charge is 0.352 e. The lowest BCUT2D eigenvalue weighted by atomic mass is 10.3. The molecule has 3 heterocycles. The number of thiophene rings is 1.